The van der Waals surface area contributed by atoms with E-state index in [1.807, 2.05) is 0 Å². The van der Waals surface area contributed by atoms with Crippen LogP contribution >= 0.6 is 0 Å². The molecule has 5 N–H and O–H groups in total. The molecule has 0 spiro atoms. The number of hydrogen-bond donors (Lipinski definition) is 5. The fraction of sp³-hybridized carbons (Fsp3) is 0.333. The van der Waals surface area contributed by atoms with Crippen molar-refractivity contribution in [3.05, 3.63) is 107 Å². The summed E-state index contributed by atoms with van der Waals surface area (Å²) in [5, 5.41) is 21.6. The van der Waals surface area contributed by atoms with E-state index in [2.05, 4.69) is 51.8 Å². The lowest BCUT2D eigenvalue weighted by molar-refractivity contribution is -0.138. The Bertz CT molecular complexity index is 2810. The molecule has 0 aliphatic carbocycles. The molecular formula is C42H44F3N13O9S. The van der Waals surface area contributed by atoms with Crippen molar-refractivity contribution in [2.24, 2.45) is 0 Å². The molecular weight excluding hydrogens is 920 g/mol. The van der Waals surface area contributed by atoms with Crippen LogP contribution in [-0.2, 0) is 54.9 Å². The van der Waals surface area contributed by atoms with Crippen molar-refractivity contribution >= 4 is 68.5 Å². The number of hydrogen-bond acceptors (Lipinski definition) is 17. The third-order valence-electron chi connectivity index (χ3n) is 10.5. The first kappa shape index (κ1) is 48.4. The molecule has 1 fully saturated rings. The number of carbonyl (C=O) groups is 5. The summed E-state index contributed by atoms with van der Waals surface area (Å²) in [6, 6.07) is 12.8. The maximum Gasteiger partial charge on any atom is 0.421 e. The Balaban J connectivity index is 0.805. The number of sulfonamides is 1. The van der Waals surface area contributed by atoms with Gasteiger partial charge >= 0.3 is 6.18 Å². The second-order valence-corrected chi connectivity index (χ2v) is 17.2. The second kappa shape index (κ2) is 20.9. The Kier molecular flexibility index (Phi) is 14.9. The highest BCUT2D eigenvalue weighted by atomic mass is 32.2. The van der Waals surface area contributed by atoms with E-state index in [9.17, 15) is 45.6 Å². The lowest BCUT2D eigenvalue weighted by atomic mass is 10.0. The van der Waals surface area contributed by atoms with Crippen LogP contribution in [0, 0.1) is 0 Å². The van der Waals surface area contributed by atoms with Crippen LogP contribution < -0.4 is 30.9 Å². The lowest BCUT2D eigenvalue weighted by Crippen LogP contribution is -2.54. The van der Waals surface area contributed by atoms with Crippen LogP contribution in [0.2, 0.25) is 0 Å². The number of alkyl halides is 3. The minimum absolute atomic E-state index is 0.0275. The van der Waals surface area contributed by atoms with Crippen molar-refractivity contribution in [2.75, 3.05) is 66.5 Å². The molecule has 0 bridgehead atoms. The van der Waals surface area contributed by atoms with Gasteiger partial charge in [-0.2, -0.15) is 18.2 Å². The molecule has 1 unspecified atom stereocenters. The van der Waals surface area contributed by atoms with Crippen LogP contribution in [0.15, 0.2) is 73.2 Å². The van der Waals surface area contributed by atoms with Gasteiger partial charge in [-0.3, -0.25) is 38.5 Å². The third kappa shape index (κ3) is 11.7. The number of halogens is 3. The highest BCUT2D eigenvalue weighted by Gasteiger charge is 2.45. The Morgan fingerprint density at radius 2 is 1.71 bits per heavy atom. The number of fused-ring (bicyclic) bond motifs is 1. The monoisotopic (exact) mass is 963 g/mol. The molecule has 1 saturated heterocycles. The summed E-state index contributed by atoms with van der Waals surface area (Å²) in [6.07, 6.45) is -0.111. The fourth-order valence-electron chi connectivity index (χ4n) is 7.01. The number of benzene rings is 2. The number of imide groups is 2. The molecule has 0 radical (unpaired) electrons. The fourth-order valence-corrected chi connectivity index (χ4v) is 7.49. The van der Waals surface area contributed by atoms with E-state index in [-0.39, 0.29) is 74.2 Å². The highest BCUT2D eigenvalue weighted by molar-refractivity contribution is 7.92. The Labute approximate surface area is 386 Å². The number of piperidine rings is 1. The lowest BCUT2D eigenvalue weighted by Gasteiger charge is -2.27. The molecule has 2 aliphatic rings. The largest absolute Gasteiger partial charge is 0.421 e. The standard InChI is InChI=1S/C42H44F3N13O9S/c1-56(68(2,64)65)36-26(5-4-14-47-36)21-48-35-30(42(43,44)45)23-50-41(53-35)51-27-10-8-25(9-11-27)37(60)49-22-28-24-57(55-54-28)16-18-67-20-19-66-17-15-46-31-7-3-6-29-34(31)40(63)58(39(29)62)32-12-13-33(59)52-38(32)61/h3-11,14,23-24,32,46H,12-13,15-22H2,1-2H3,(H,49,60)(H,52,59,61)(H2,48,50,51,53). The number of anilines is 5. The van der Waals surface area contributed by atoms with E-state index < -0.39 is 63.2 Å². The summed E-state index contributed by atoms with van der Waals surface area (Å²) in [5.74, 6) is -3.46. The van der Waals surface area contributed by atoms with E-state index in [0.717, 1.165) is 15.5 Å². The van der Waals surface area contributed by atoms with E-state index in [1.165, 1.54) is 55.7 Å². The molecule has 3 aromatic heterocycles. The van der Waals surface area contributed by atoms with Gasteiger partial charge in [0.15, 0.2) is 0 Å². The molecule has 68 heavy (non-hydrogen) atoms. The summed E-state index contributed by atoms with van der Waals surface area (Å²) >= 11 is 0. The normalized spacial score (nSPS) is 15.0. The summed E-state index contributed by atoms with van der Waals surface area (Å²) in [7, 11) is -2.43. The van der Waals surface area contributed by atoms with Crippen molar-refractivity contribution in [1.29, 1.82) is 0 Å². The van der Waals surface area contributed by atoms with E-state index in [0.29, 0.717) is 48.5 Å². The smallest absolute Gasteiger partial charge is 0.382 e. The molecule has 7 rings (SSSR count). The van der Waals surface area contributed by atoms with Crippen LogP contribution in [0.25, 0.3) is 0 Å². The summed E-state index contributed by atoms with van der Waals surface area (Å²) in [5.41, 5.74) is 1.05. The number of carbonyl (C=O) groups excluding carboxylic acids is 5. The molecule has 26 heteroatoms. The average Bonchev–Trinajstić information content (AvgIpc) is 3.87. The first-order valence-electron chi connectivity index (χ1n) is 20.8. The van der Waals surface area contributed by atoms with Crippen LogP contribution in [0.5, 0.6) is 0 Å². The average molecular weight is 964 g/mol. The molecule has 2 aromatic carbocycles. The van der Waals surface area contributed by atoms with Gasteiger partial charge in [0, 0.05) is 61.5 Å². The Morgan fingerprint density at radius 3 is 2.44 bits per heavy atom. The predicted molar refractivity (Wildman–Crippen MR) is 236 cm³/mol. The first-order chi connectivity index (χ1) is 32.5. The molecule has 2 aliphatic heterocycles. The Hall–Kier alpha value is -7.58. The van der Waals surface area contributed by atoms with Gasteiger partial charge in [-0.1, -0.05) is 17.3 Å². The topological polar surface area (TPSA) is 274 Å². The van der Waals surface area contributed by atoms with Gasteiger partial charge < -0.3 is 30.7 Å². The SMILES string of the molecule is CN(c1ncccc1CNc1nc(Nc2ccc(C(=O)NCc3cn(CCOCCOCCNc4cccc5c4C(=O)N(C4CCC(=O)NC4=O)C5=O)nn3)cc2)ncc1C(F)(F)F)S(C)(=O)=O. The van der Waals surface area contributed by atoms with Gasteiger partial charge in [0.05, 0.1) is 63.1 Å². The quantitative estimate of drug-likeness (QED) is 0.0522. The molecule has 22 nitrogen and oxygen atoms in total. The zero-order valence-electron chi connectivity index (χ0n) is 36.4. The zero-order chi connectivity index (χ0) is 48.6. The zero-order valence-corrected chi connectivity index (χ0v) is 37.2. The summed E-state index contributed by atoms with van der Waals surface area (Å²) in [4.78, 5) is 75.9. The van der Waals surface area contributed by atoms with Crippen molar-refractivity contribution < 1.29 is 55.0 Å². The minimum Gasteiger partial charge on any atom is -0.382 e. The summed E-state index contributed by atoms with van der Waals surface area (Å²) in [6.45, 7) is 1.60. The maximum absolute atomic E-state index is 13.9. The van der Waals surface area contributed by atoms with Crippen LogP contribution in [-0.4, -0.2) is 125 Å². The van der Waals surface area contributed by atoms with Gasteiger partial charge in [-0.15, -0.1) is 5.10 Å². The van der Waals surface area contributed by atoms with Crippen LogP contribution in [0.3, 0.4) is 0 Å². The van der Waals surface area contributed by atoms with E-state index in [1.54, 1.807) is 23.0 Å². The number of amides is 5. The second-order valence-electron chi connectivity index (χ2n) is 15.2. The van der Waals surface area contributed by atoms with Gasteiger partial charge in [-0.05, 0) is 48.9 Å². The number of aromatic nitrogens is 6. The van der Waals surface area contributed by atoms with Crippen molar-refractivity contribution in [3.8, 4) is 0 Å². The number of ether oxygens (including phenoxy) is 2. The van der Waals surface area contributed by atoms with Gasteiger partial charge in [-0.25, -0.2) is 23.1 Å². The predicted octanol–water partition coefficient (Wildman–Crippen LogP) is 2.71. The third-order valence-corrected chi connectivity index (χ3v) is 11.7. The van der Waals surface area contributed by atoms with Gasteiger partial charge in [0.2, 0.25) is 27.8 Å². The number of rotatable bonds is 21. The van der Waals surface area contributed by atoms with Crippen molar-refractivity contribution in [1.82, 2.24) is 45.5 Å². The first-order valence-corrected chi connectivity index (χ1v) is 22.7. The molecule has 5 amide bonds. The highest BCUT2D eigenvalue weighted by Crippen LogP contribution is 2.35. The number of nitrogens with one attached hydrogen (secondary N) is 5. The minimum atomic E-state index is -4.81. The van der Waals surface area contributed by atoms with Crippen LogP contribution in [0.1, 0.15) is 60.7 Å². The molecule has 358 valence electrons. The van der Waals surface area contributed by atoms with Crippen molar-refractivity contribution in [3.63, 3.8) is 0 Å². The number of pyridine rings is 1. The van der Waals surface area contributed by atoms with Gasteiger partial charge in [0.1, 0.15) is 28.9 Å². The maximum atomic E-state index is 13.9. The van der Waals surface area contributed by atoms with E-state index in [4.69, 9.17) is 9.47 Å². The van der Waals surface area contributed by atoms with E-state index >= 15 is 0 Å². The molecule has 5 heterocycles. The molecule has 1 atom stereocenters. The molecule has 5 aromatic rings. The van der Waals surface area contributed by atoms with Crippen LogP contribution in [0.4, 0.5) is 42.1 Å². The van der Waals surface area contributed by atoms with Crippen molar-refractivity contribution in [2.45, 2.75) is 44.7 Å². The molecule has 0 saturated carbocycles. The Morgan fingerprint density at radius 1 is 0.941 bits per heavy atom. The number of nitrogens with zero attached hydrogens (tertiary/aromatic N) is 8. The summed E-state index contributed by atoms with van der Waals surface area (Å²) < 4.78 is 79.6. The van der Waals surface area contributed by atoms with Gasteiger partial charge in [0.25, 0.3) is 17.7 Å².